The number of hydrogen-bond acceptors (Lipinski definition) is 8. The van der Waals surface area contributed by atoms with Crippen molar-refractivity contribution in [3.63, 3.8) is 0 Å². The van der Waals surface area contributed by atoms with Gasteiger partial charge in [0.25, 0.3) is 11.5 Å². The third-order valence-corrected chi connectivity index (χ3v) is 8.15. The highest BCUT2D eigenvalue weighted by Crippen LogP contribution is 2.35. The van der Waals surface area contributed by atoms with Gasteiger partial charge >= 0.3 is 0 Å². The molecule has 3 heterocycles. The molecule has 1 N–H and O–H groups in total. The number of Topliss-reactive ketones (excluding diaryl/α,β-unsaturated/α-hetero) is 1. The van der Waals surface area contributed by atoms with Gasteiger partial charge < -0.3 is 5.11 Å². The number of thiophene rings is 1. The van der Waals surface area contributed by atoms with E-state index in [9.17, 15) is 24.8 Å². The van der Waals surface area contributed by atoms with Crippen molar-refractivity contribution < 1.29 is 14.7 Å². The number of carbonyl (C=O) groups excluding carboxylic acids is 2. The molecular weight excluding hydrogens is 478 g/mol. The number of pyridine rings is 1. The van der Waals surface area contributed by atoms with E-state index in [4.69, 9.17) is 12.2 Å². The van der Waals surface area contributed by atoms with Gasteiger partial charge in [0.2, 0.25) is 5.88 Å². The first-order valence-corrected chi connectivity index (χ1v) is 12.6. The summed E-state index contributed by atoms with van der Waals surface area (Å²) in [5.41, 5.74) is -0.727. The second-order valence-corrected chi connectivity index (χ2v) is 10.6. The van der Waals surface area contributed by atoms with Gasteiger partial charge in [-0.25, -0.2) is 0 Å². The molecule has 1 amide bonds. The Bertz CT molecular complexity index is 1270. The summed E-state index contributed by atoms with van der Waals surface area (Å²) in [7, 11) is 0. The summed E-state index contributed by atoms with van der Waals surface area (Å²) in [5.74, 6) is -1.39. The van der Waals surface area contributed by atoms with Crippen molar-refractivity contribution in [3.05, 3.63) is 54.3 Å². The van der Waals surface area contributed by atoms with Gasteiger partial charge in [-0.3, -0.25) is 23.9 Å². The van der Waals surface area contributed by atoms with E-state index >= 15 is 0 Å². The average molecular weight is 500 g/mol. The van der Waals surface area contributed by atoms with E-state index in [2.05, 4.69) is 0 Å². The minimum atomic E-state index is -0.583. The fourth-order valence-electron chi connectivity index (χ4n) is 4.30. The molecule has 1 saturated carbocycles. The molecule has 1 aliphatic heterocycles. The summed E-state index contributed by atoms with van der Waals surface area (Å²) < 4.78 is 1.44. The van der Waals surface area contributed by atoms with Gasteiger partial charge in [-0.15, -0.1) is 11.3 Å². The Morgan fingerprint density at radius 2 is 2.06 bits per heavy atom. The molecule has 1 aliphatic carbocycles. The Hall–Kier alpha value is -2.74. The lowest BCUT2D eigenvalue weighted by Crippen LogP contribution is -2.36. The van der Waals surface area contributed by atoms with Gasteiger partial charge in [0, 0.05) is 10.9 Å². The molecule has 4 rings (SSSR count). The Balaban J connectivity index is 1.68. The zero-order chi connectivity index (χ0) is 23.7. The molecular formula is C23H21N3O4S3. The summed E-state index contributed by atoms with van der Waals surface area (Å²) in [4.78, 5) is 41.7. The molecule has 2 fully saturated rings. The molecule has 0 atom stereocenters. The summed E-state index contributed by atoms with van der Waals surface area (Å²) >= 11 is 7.93. The molecule has 0 aromatic carbocycles. The number of ketones is 1. The van der Waals surface area contributed by atoms with Gasteiger partial charge in [0.1, 0.15) is 16.0 Å². The standard InChI is InChI=1S/C23H21N3O4S3/c1-13-16(11-24)20(28)26(14-6-3-2-4-7-14)22(30)19(13)17(27)12-25-21(29)18(33-23(25)31)10-15-8-5-9-32-15/h5,8-10,14,30H,2-4,6-7,12H2,1H3/b18-10-. The van der Waals surface area contributed by atoms with E-state index in [1.54, 1.807) is 6.08 Å². The zero-order valence-electron chi connectivity index (χ0n) is 17.9. The summed E-state index contributed by atoms with van der Waals surface area (Å²) in [6.45, 7) is 1.09. The number of amides is 1. The van der Waals surface area contributed by atoms with Gasteiger partial charge in [0.15, 0.2) is 5.78 Å². The topological polar surface area (TPSA) is 103 Å². The van der Waals surface area contributed by atoms with Crippen molar-refractivity contribution in [1.82, 2.24) is 9.47 Å². The minimum absolute atomic E-state index is 0.104. The predicted octanol–water partition coefficient (Wildman–Crippen LogP) is 4.38. The van der Waals surface area contributed by atoms with Crippen LogP contribution in [0.3, 0.4) is 0 Å². The Kier molecular flexibility index (Phi) is 6.83. The number of nitrogens with zero attached hydrogens (tertiary/aromatic N) is 3. The SMILES string of the molecule is Cc1c(C(=O)CN2C(=O)/C(=C/c3cccs3)SC2=S)c(O)n(C2CCCCC2)c(=O)c1C#N. The number of hydrogen-bond donors (Lipinski definition) is 1. The molecule has 7 nitrogen and oxygen atoms in total. The van der Waals surface area contributed by atoms with Gasteiger partial charge in [0.05, 0.1) is 17.0 Å². The van der Waals surface area contributed by atoms with Crippen LogP contribution in [0.1, 0.15) is 64.5 Å². The number of aromatic nitrogens is 1. The Morgan fingerprint density at radius 3 is 2.70 bits per heavy atom. The molecule has 10 heteroatoms. The highest BCUT2D eigenvalue weighted by molar-refractivity contribution is 8.26. The minimum Gasteiger partial charge on any atom is -0.494 e. The molecule has 170 valence electrons. The molecule has 2 aromatic rings. The van der Waals surface area contributed by atoms with Crippen LogP contribution >= 0.6 is 35.3 Å². The molecule has 0 spiro atoms. The van der Waals surface area contributed by atoms with Gasteiger partial charge in [-0.1, -0.05) is 49.3 Å². The molecule has 33 heavy (non-hydrogen) atoms. The van der Waals surface area contributed by atoms with Crippen molar-refractivity contribution in [3.8, 4) is 11.9 Å². The Morgan fingerprint density at radius 1 is 1.33 bits per heavy atom. The fraction of sp³-hybridized carbons (Fsp3) is 0.348. The van der Waals surface area contributed by atoms with Crippen LogP contribution in [0.4, 0.5) is 0 Å². The first kappa shape index (κ1) is 23.4. The smallest absolute Gasteiger partial charge is 0.271 e. The number of aromatic hydroxyl groups is 1. The Labute approximate surface area is 204 Å². The number of carbonyl (C=O) groups is 2. The van der Waals surface area contributed by atoms with E-state index < -0.39 is 17.2 Å². The molecule has 0 bridgehead atoms. The highest BCUT2D eigenvalue weighted by atomic mass is 32.2. The van der Waals surface area contributed by atoms with Crippen molar-refractivity contribution in [2.45, 2.75) is 45.1 Å². The number of thioether (sulfide) groups is 1. The van der Waals surface area contributed by atoms with E-state index in [-0.39, 0.29) is 39.5 Å². The second kappa shape index (κ2) is 9.63. The van der Waals surface area contributed by atoms with Crippen molar-refractivity contribution in [1.29, 1.82) is 5.26 Å². The van der Waals surface area contributed by atoms with Gasteiger partial charge in [-0.05, 0) is 42.9 Å². The van der Waals surface area contributed by atoms with Crippen LogP contribution in [0.25, 0.3) is 6.08 Å². The fourth-order valence-corrected chi connectivity index (χ4v) is 6.27. The van der Waals surface area contributed by atoms with E-state index in [1.807, 2.05) is 23.6 Å². The monoisotopic (exact) mass is 499 g/mol. The lowest BCUT2D eigenvalue weighted by Gasteiger charge is -2.26. The summed E-state index contributed by atoms with van der Waals surface area (Å²) in [6, 6.07) is 5.38. The largest absolute Gasteiger partial charge is 0.494 e. The lowest BCUT2D eigenvalue weighted by molar-refractivity contribution is -0.121. The number of thiocarbonyl (C=S) groups is 1. The van der Waals surface area contributed by atoms with Crippen LogP contribution in [0, 0.1) is 18.3 Å². The second-order valence-electron chi connectivity index (χ2n) is 7.98. The molecule has 2 aliphatic rings. The van der Waals surface area contributed by atoms with E-state index in [1.165, 1.54) is 27.7 Å². The van der Waals surface area contributed by atoms with E-state index in [0.717, 1.165) is 35.9 Å². The predicted molar refractivity (Wildman–Crippen MR) is 132 cm³/mol. The molecule has 2 aromatic heterocycles. The summed E-state index contributed by atoms with van der Waals surface area (Å²) in [6.07, 6.45) is 5.97. The van der Waals surface area contributed by atoms with Crippen molar-refractivity contribution in [2.75, 3.05) is 6.54 Å². The third-order valence-electron chi connectivity index (χ3n) is 5.96. The van der Waals surface area contributed by atoms with Crippen LogP contribution in [0.5, 0.6) is 5.88 Å². The maximum absolute atomic E-state index is 13.3. The lowest BCUT2D eigenvalue weighted by atomic mass is 9.93. The van der Waals surface area contributed by atoms with Crippen LogP contribution in [0.2, 0.25) is 0 Å². The van der Waals surface area contributed by atoms with Crippen LogP contribution < -0.4 is 5.56 Å². The first-order chi connectivity index (χ1) is 15.8. The quantitative estimate of drug-likeness (QED) is 0.370. The van der Waals surface area contributed by atoms with Crippen LogP contribution in [0.15, 0.2) is 27.2 Å². The normalized spacial score (nSPS) is 18.2. The zero-order valence-corrected chi connectivity index (χ0v) is 20.3. The number of rotatable bonds is 5. The van der Waals surface area contributed by atoms with Crippen molar-refractivity contribution >= 4 is 57.4 Å². The molecule has 0 radical (unpaired) electrons. The molecule has 0 unspecified atom stereocenters. The highest BCUT2D eigenvalue weighted by Gasteiger charge is 2.36. The summed E-state index contributed by atoms with van der Waals surface area (Å²) in [5, 5.41) is 22.5. The molecule has 1 saturated heterocycles. The van der Waals surface area contributed by atoms with Crippen molar-refractivity contribution in [2.24, 2.45) is 0 Å². The van der Waals surface area contributed by atoms with Gasteiger partial charge in [-0.2, -0.15) is 5.26 Å². The van der Waals surface area contributed by atoms with Crippen LogP contribution in [-0.4, -0.2) is 37.1 Å². The third kappa shape index (κ3) is 4.40. The maximum atomic E-state index is 13.3. The number of nitriles is 1. The van der Waals surface area contributed by atoms with Crippen LogP contribution in [-0.2, 0) is 4.79 Å². The van der Waals surface area contributed by atoms with E-state index in [0.29, 0.717) is 17.7 Å². The first-order valence-electron chi connectivity index (χ1n) is 10.5. The maximum Gasteiger partial charge on any atom is 0.271 e. The average Bonchev–Trinajstić information content (AvgIpc) is 3.39.